The molecule has 1 rings (SSSR count). The molecule has 120 valence electrons. The zero-order valence-corrected chi connectivity index (χ0v) is 13.8. The molecule has 1 aromatic carbocycles. The van der Waals surface area contributed by atoms with E-state index in [1.54, 1.807) is 27.0 Å². The van der Waals surface area contributed by atoms with Gasteiger partial charge in [-0.25, -0.2) is 13.1 Å². The third-order valence-electron chi connectivity index (χ3n) is 3.02. The zero-order chi connectivity index (χ0) is 15.3. The van der Waals surface area contributed by atoms with E-state index < -0.39 is 20.6 Å². The zero-order valence-electron chi connectivity index (χ0n) is 12.2. The molecule has 9 heteroatoms. The van der Waals surface area contributed by atoms with Crippen LogP contribution >= 0.6 is 12.4 Å². The largest absolute Gasteiger partial charge is 0.320 e. The van der Waals surface area contributed by atoms with Gasteiger partial charge in [-0.1, -0.05) is 6.07 Å². The molecule has 0 aromatic heterocycles. The highest BCUT2D eigenvalue weighted by atomic mass is 35.5. The van der Waals surface area contributed by atoms with Gasteiger partial charge in [0, 0.05) is 12.6 Å². The van der Waals surface area contributed by atoms with E-state index in [4.69, 9.17) is 0 Å². The smallest absolute Gasteiger partial charge is 0.289 e. The van der Waals surface area contributed by atoms with Crippen molar-refractivity contribution in [2.24, 2.45) is 0 Å². The highest BCUT2D eigenvalue weighted by Gasteiger charge is 2.28. The summed E-state index contributed by atoms with van der Waals surface area (Å²) in [5.41, 5.74) is 0.709. The average Bonchev–Trinajstić information content (AvgIpc) is 2.37. The Morgan fingerprint density at radius 3 is 2.38 bits per heavy atom. The van der Waals surface area contributed by atoms with Crippen LogP contribution in [0.3, 0.4) is 0 Å². The van der Waals surface area contributed by atoms with Gasteiger partial charge in [0.2, 0.25) is 10.0 Å². The second-order valence-corrected chi connectivity index (χ2v) is 6.17. The molecule has 0 fully saturated rings. The van der Waals surface area contributed by atoms with Gasteiger partial charge in [-0.05, 0) is 45.0 Å². The number of nitrogens with one attached hydrogen (secondary N) is 2. The molecule has 0 unspecified atom stereocenters. The van der Waals surface area contributed by atoms with Crippen LogP contribution < -0.4 is 10.0 Å². The van der Waals surface area contributed by atoms with Gasteiger partial charge in [0.1, 0.15) is 0 Å². The van der Waals surface area contributed by atoms with Gasteiger partial charge < -0.3 is 5.32 Å². The van der Waals surface area contributed by atoms with Gasteiger partial charge in [0.25, 0.3) is 5.69 Å². The SMILES string of the molecule is CNCCCNS(=O)(=O)c1c([N+](=O)[O-])ccc(C)c1C.Cl. The van der Waals surface area contributed by atoms with E-state index >= 15 is 0 Å². The molecule has 7 nitrogen and oxygen atoms in total. The predicted octanol–water partition coefficient (Wildman–Crippen LogP) is 1.52. The Bertz CT molecular complexity index is 605. The third-order valence-corrected chi connectivity index (χ3v) is 4.65. The number of hydrogen-bond acceptors (Lipinski definition) is 5. The molecule has 1 aromatic rings. The van der Waals surface area contributed by atoms with Crippen LogP contribution in [-0.4, -0.2) is 33.5 Å². The predicted molar refractivity (Wildman–Crippen MR) is 83.6 cm³/mol. The normalized spacial score (nSPS) is 11.0. The van der Waals surface area contributed by atoms with Crippen molar-refractivity contribution in [3.8, 4) is 0 Å². The standard InChI is InChI=1S/C12H19N3O4S.ClH/c1-9-5-6-11(15(16)17)12(10(9)2)20(18,19)14-8-4-7-13-3;/h5-6,13-14H,4,7-8H2,1-3H3;1H. The lowest BCUT2D eigenvalue weighted by atomic mass is 10.1. The Labute approximate surface area is 130 Å². The summed E-state index contributed by atoms with van der Waals surface area (Å²) in [5.74, 6) is 0. The van der Waals surface area contributed by atoms with Crippen molar-refractivity contribution in [3.05, 3.63) is 33.4 Å². The molecular weight excluding hydrogens is 318 g/mol. The van der Waals surface area contributed by atoms with Gasteiger partial charge in [-0.3, -0.25) is 10.1 Å². The Balaban J connectivity index is 0.00000400. The molecule has 0 heterocycles. The summed E-state index contributed by atoms with van der Waals surface area (Å²) in [6.45, 7) is 4.19. The Morgan fingerprint density at radius 2 is 1.86 bits per heavy atom. The molecular formula is C12H20ClN3O4S. The summed E-state index contributed by atoms with van der Waals surface area (Å²) < 4.78 is 26.9. The lowest BCUT2D eigenvalue weighted by molar-refractivity contribution is -0.387. The molecule has 0 spiro atoms. The molecule has 2 N–H and O–H groups in total. The van der Waals surface area contributed by atoms with E-state index in [1.807, 2.05) is 0 Å². The van der Waals surface area contributed by atoms with E-state index in [-0.39, 0.29) is 23.8 Å². The first kappa shape index (κ1) is 19.8. The summed E-state index contributed by atoms with van der Waals surface area (Å²) in [4.78, 5) is 10.1. The Kier molecular flexibility index (Phi) is 7.80. The Hall–Kier alpha value is -1.22. The molecule has 0 bridgehead atoms. The van der Waals surface area contributed by atoms with E-state index in [2.05, 4.69) is 10.0 Å². The van der Waals surface area contributed by atoms with Crippen LogP contribution in [-0.2, 0) is 10.0 Å². The van der Waals surface area contributed by atoms with Crippen LogP contribution in [0.25, 0.3) is 0 Å². The maximum atomic E-state index is 12.3. The van der Waals surface area contributed by atoms with Crippen molar-refractivity contribution in [1.29, 1.82) is 0 Å². The molecule has 0 atom stereocenters. The molecule has 0 radical (unpaired) electrons. The number of halogens is 1. The maximum absolute atomic E-state index is 12.3. The maximum Gasteiger partial charge on any atom is 0.289 e. The van der Waals surface area contributed by atoms with E-state index in [0.29, 0.717) is 24.1 Å². The van der Waals surface area contributed by atoms with Crippen LogP contribution in [0.2, 0.25) is 0 Å². The van der Waals surface area contributed by atoms with Gasteiger partial charge in [0.15, 0.2) is 4.90 Å². The van der Waals surface area contributed by atoms with Crippen molar-refractivity contribution >= 4 is 28.1 Å². The average molecular weight is 338 g/mol. The first-order chi connectivity index (χ1) is 9.31. The van der Waals surface area contributed by atoms with E-state index in [1.165, 1.54) is 6.07 Å². The van der Waals surface area contributed by atoms with Gasteiger partial charge in [-0.2, -0.15) is 0 Å². The molecule has 0 amide bonds. The molecule has 0 saturated heterocycles. The first-order valence-electron chi connectivity index (χ1n) is 6.20. The second kappa shape index (κ2) is 8.28. The van der Waals surface area contributed by atoms with E-state index in [0.717, 1.165) is 0 Å². The van der Waals surface area contributed by atoms with Gasteiger partial charge in [0.05, 0.1) is 4.92 Å². The van der Waals surface area contributed by atoms with Crippen molar-refractivity contribution in [2.75, 3.05) is 20.1 Å². The van der Waals surface area contributed by atoms with E-state index in [9.17, 15) is 18.5 Å². The van der Waals surface area contributed by atoms with Gasteiger partial charge >= 0.3 is 0 Å². The minimum atomic E-state index is -3.89. The monoisotopic (exact) mass is 337 g/mol. The van der Waals surface area contributed by atoms with Crippen LogP contribution in [0.4, 0.5) is 5.69 Å². The summed E-state index contributed by atoms with van der Waals surface area (Å²) in [5, 5.41) is 13.9. The molecule has 21 heavy (non-hydrogen) atoms. The lowest BCUT2D eigenvalue weighted by Crippen LogP contribution is -2.28. The minimum Gasteiger partial charge on any atom is -0.320 e. The van der Waals surface area contributed by atoms with Crippen molar-refractivity contribution in [3.63, 3.8) is 0 Å². The fourth-order valence-electron chi connectivity index (χ4n) is 1.80. The number of nitro benzene ring substituents is 1. The number of nitro groups is 1. The number of nitrogens with zero attached hydrogens (tertiary/aromatic N) is 1. The first-order valence-corrected chi connectivity index (χ1v) is 7.68. The van der Waals surface area contributed by atoms with Crippen LogP contribution in [0, 0.1) is 24.0 Å². The Morgan fingerprint density at radius 1 is 1.24 bits per heavy atom. The summed E-state index contributed by atoms with van der Waals surface area (Å²) in [7, 11) is -2.12. The fraction of sp³-hybridized carbons (Fsp3) is 0.500. The van der Waals surface area contributed by atoms with Crippen LogP contribution in [0.1, 0.15) is 17.5 Å². The van der Waals surface area contributed by atoms with Crippen LogP contribution in [0.5, 0.6) is 0 Å². The molecule has 0 aliphatic rings. The second-order valence-electron chi connectivity index (χ2n) is 4.47. The van der Waals surface area contributed by atoms with Crippen LogP contribution in [0.15, 0.2) is 17.0 Å². The number of aryl methyl sites for hydroxylation is 1. The fourth-order valence-corrected chi connectivity index (χ4v) is 3.34. The highest BCUT2D eigenvalue weighted by molar-refractivity contribution is 7.89. The third kappa shape index (κ3) is 4.92. The molecule has 0 aliphatic carbocycles. The van der Waals surface area contributed by atoms with Crippen molar-refractivity contribution in [1.82, 2.24) is 10.0 Å². The summed E-state index contributed by atoms with van der Waals surface area (Å²) >= 11 is 0. The van der Waals surface area contributed by atoms with Gasteiger partial charge in [-0.15, -0.1) is 12.4 Å². The summed E-state index contributed by atoms with van der Waals surface area (Å²) in [6.07, 6.45) is 0.606. The minimum absolute atomic E-state index is 0. The van der Waals surface area contributed by atoms with Crippen molar-refractivity contribution in [2.45, 2.75) is 25.2 Å². The number of sulfonamides is 1. The molecule has 0 aliphatic heterocycles. The molecule has 0 saturated carbocycles. The number of benzene rings is 1. The number of rotatable bonds is 7. The van der Waals surface area contributed by atoms with Crippen molar-refractivity contribution < 1.29 is 13.3 Å². The number of hydrogen-bond donors (Lipinski definition) is 2. The lowest BCUT2D eigenvalue weighted by Gasteiger charge is -2.11. The topological polar surface area (TPSA) is 101 Å². The highest BCUT2D eigenvalue weighted by Crippen LogP contribution is 2.29. The quantitative estimate of drug-likeness (QED) is 0.446. The summed E-state index contributed by atoms with van der Waals surface area (Å²) in [6, 6.07) is 2.78.